The molecule has 3 aromatic heterocycles. The second kappa shape index (κ2) is 8.64. The minimum absolute atomic E-state index is 0.0109. The molecule has 7 nitrogen and oxygen atoms in total. The number of fused-ring (bicyclic) bond motifs is 3. The summed E-state index contributed by atoms with van der Waals surface area (Å²) in [6.45, 7) is 5.15. The molecule has 1 saturated heterocycles. The average molecular weight is 503 g/mol. The molecule has 6 rings (SSSR count). The van der Waals surface area contributed by atoms with Gasteiger partial charge in [0.25, 0.3) is 5.91 Å². The molecule has 0 radical (unpaired) electrons. The zero-order valence-electron chi connectivity index (χ0n) is 20.7. The first-order valence-corrected chi connectivity index (χ1v) is 13.3. The minimum atomic E-state index is -0.597. The van der Waals surface area contributed by atoms with Crippen molar-refractivity contribution in [3.63, 3.8) is 0 Å². The Kier molecular flexibility index (Phi) is 5.53. The van der Waals surface area contributed by atoms with E-state index in [4.69, 9.17) is 4.74 Å². The van der Waals surface area contributed by atoms with Crippen molar-refractivity contribution in [3.05, 3.63) is 59.4 Å². The molecule has 0 unspecified atom stereocenters. The Bertz CT molecular complexity index is 1420. The van der Waals surface area contributed by atoms with E-state index in [1.165, 1.54) is 5.56 Å². The van der Waals surface area contributed by atoms with E-state index in [1.807, 2.05) is 17.9 Å². The summed E-state index contributed by atoms with van der Waals surface area (Å²) in [7, 11) is 1.68. The maximum absolute atomic E-state index is 14.1. The van der Waals surface area contributed by atoms with Crippen LogP contribution in [0.25, 0.3) is 33.1 Å². The third kappa shape index (κ3) is 3.43. The molecule has 0 bridgehead atoms. The summed E-state index contributed by atoms with van der Waals surface area (Å²) in [5.41, 5.74) is 5.41. The highest BCUT2D eigenvalue weighted by molar-refractivity contribution is 7.13. The van der Waals surface area contributed by atoms with Crippen LogP contribution < -0.4 is 4.74 Å². The van der Waals surface area contributed by atoms with Crippen LogP contribution in [-0.4, -0.2) is 55.7 Å². The van der Waals surface area contributed by atoms with Gasteiger partial charge in [0, 0.05) is 41.5 Å². The predicted octanol–water partition coefficient (Wildman–Crippen LogP) is 5.21. The van der Waals surface area contributed by atoms with E-state index in [0.29, 0.717) is 18.8 Å². The number of hydrogen-bond donors (Lipinski definition) is 2. The number of methoxy groups -OCH3 is 1. The number of rotatable bonds is 5. The molecule has 2 atom stereocenters. The van der Waals surface area contributed by atoms with Crippen LogP contribution in [0.15, 0.2) is 48.1 Å². The van der Waals surface area contributed by atoms with Gasteiger partial charge in [0.1, 0.15) is 17.3 Å². The maximum atomic E-state index is 14.1. The van der Waals surface area contributed by atoms with Gasteiger partial charge >= 0.3 is 0 Å². The number of H-pyrrole nitrogens is 1. The van der Waals surface area contributed by atoms with Crippen LogP contribution in [0.4, 0.5) is 0 Å². The number of carbonyl (C=O) groups is 1. The summed E-state index contributed by atoms with van der Waals surface area (Å²) < 4.78 is 7.91. The highest BCUT2D eigenvalue weighted by atomic mass is 32.1. The predicted molar refractivity (Wildman–Crippen MR) is 141 cm³/mol. The summed E-state index contributed by atoms with van der Waals surface area (Å²) >= 11 is 1.67. The molecule has 2 N–H and O–H groups in total. The van der Waals surface area contributed by atoms with Gasteiger partial charge in [-0.25, -0.2) is 4.98 Å². The number of likely N-dealkylation sites (tertiary alicyclic amines) is 1. The summed E-state index contributed by atoms with van der Waals surface area (Å²) in [4.78, 5) is 24.7. The number of nitrogens with one attached hydrogen (secondary N) is 1. The standard InChI is InChI=1S/C28H30N4O3S/c1-17(33)28(2)8-5-11-32(28)27(34)22-16-21(24-6-4-13-36-24)25-19-15-20(26-29-9-10-30-26)23(35-3)14-18(19)7-12-31(22)25/h4,6,9-10,13-17,33H,5,7-8,11-12H2,1-3H3,(H,29,30)/t17-,28-/m1/s1. The highest BCUT2D eigenvalue weighted by Gasteiger charge is 2.44. The number of aliphatic hydroxyl groups is 1. The molecule has 4 aromatic rings. The van der Waals surface area contributed by atoms with Gasteiger partial charge in [-0.1, -0.05) is 6.07 Å². The number of aryl methyl sites for hydroxylation is 1. The van der Waals surface area contributed by atoms with E-state index in [9.17, 15) is 9.90 Å². The molecular formula is C28H30N4O3S. The van der Waals surface area contributed by atoms with E-state index in [0.717, 1.165) is 58.1 Å². The Balaban J connectivity index is 1.55. The lowest BCUT2D eigenvalue weighted by atomic mass is 9.92. The number of benzene rings is 1. The van der Waals surface area contributed by atoms with Crippen LogP contribution in [0.3, 0.4) is 0 Å². The fourth-order valence-electron chi connectivity index (χ4n) is 5.81. The van der Waals surface area contributed by atoms with Crippen molar-refractivity contribution in [3.8, 4) is 38.8 Å². The first-order valence-electron chi connectivity index (χ1n) is 12.4. The molecule has 0 spiro atoms. The molecule has 186 valence electrons. The van der Waals surface area contributed by atoms with Crippen LogP contribution in [0.1, 0.15) is 42.7 Å². The molecular weight excluding hydrogens is 472 g/mol. The third-order valence-corrected chi connectivity index (χ3v) is 8.87. The number of amides is 1. The quantitative estimate of drug-likeness (QED) is 0.392. The fraction of sp³-hybridized carbons (Fsp3) is 0.357. The van der Waals surface area contributed by atoms with Gasteiger partial charge in [0.2, 0.25) is 0 Å². The van der Waals surface area contributed by atoms with Crippen molar-refractivity contribution >= 4 is 17.2 Å². The lowest BCUT2D eigenvalue weighted by Gasteiger charge is -2.38. The maximum Gasteiger partial charge on any atom is 0.271 e. The number of imidazole rings is 1. The number of aromatic amines is 1. The van der Waals surface area contributed by atoms with Crippen molar-refractivity contribution in [2.45, 2.75) is 51.3 Å². The van der Waals surface area contributed by atoms with Gasteiger partial charge in [0.15, 0.2) is 0 Å². The molecule has 0 saturated carbocycles. The minimum Gasteiger partial charge on any atom is -0.496 e. The highest BCUT2D eigenvalue weighted by Crippen LogP contribution is 2.45. The third-order valence-electron chi connectivity index (χ3n) is 7.97. The number of aliphatic hydroxyl groups excluding tert-OH is 1. The zero-order chi connectivity index (χ0) is 25.0. The van der Waals surface area contributed by atoms with E-state index in [-0.39, 0.29) is 5.91 Å². The molecule has 0 aliphatic carbocycles. The smallest absolute Gasteiger partial charge is 0.271 e. The Morgan fingerprint density at radius 2 is 2.11 bits per heavy atom. The average Bonchev–Trinajstić information content (AvgIpc) is 3.68. The summed E-state index contributed by atoms with van der Waals surface area (Å²) in [5.74, 6) is 1.52. The number of ether oxygens (including phenoxy) is 1. The molecule has 1 amide bonds. The normalized spacial score (nSPS) is 19.7. The van der Waals surface area contributed by atoms with Crippen LogP contribution in [0, 0.1) is 0 Å². The van der Waals surface area contributed by atoms with Gasteiger partial charge in [-0.2, -0.15) is 0 Å². The number of aromatic nitrogens is 3. The molecule has 1 aromatic carbocycles. The van der Waals surface area contributed by atoms with E-state index >= 15 is 0 Å². The molecule has 5 heterocycles. The van der Waals surface area contributed by atoms with E-state index in [2.05, 4.69) is 44.2 Å². The molecule has 2 aliphatic rings. The summed E-state index contributed by atoms with van der Waals surface area (Å²) in [5, 5.41) is 12.6. The van der Waals surface area contributed by atoms with Gasteiger partial charge in [-0.05, 0) is 68.3 Å². The topological polar surface area (TPSA) is 83.4 Å². The van der Waals surface area contributed by atoms with Crippen LogP contribution in [0.2, 0.25) is 0 Å². The van der Waals surface area contributed by atoms with Gasteiger partial charge in [0.05, 0.1) is 30.0 Å². The molecule has 36 heavy (non-hydrogen) atoms. The number of hydrogen-bond acceptors (Lipinski definition) is 5. The number of carbonyl (C=O) groups excluding carboxylic acids is 1. The van der Waals surface area contributed by atoms with Gasteiger partial charge < -0.3 is 24.3 Å². The molecule has 2 aliphatic heterocycles. The zero-order valence-corrected chi connectivity index (χ0v) is 21.6. The lowest BCUT2D eigenvalue weighted by Crippen LogP contribution is -2.52. The fourth-order valence-corrected chi connectivity index (χ4v) is 6.55. The van der Waals surface area contributed by atoms with Crippen LogP contribution in [0.5, 0.6) is 5.75 Å². The van der Waals surface area contributed by atoms with Gasteiger partial charge in [-0.3, -0.25) is 4.79 Å². The number of nitrogens with zero attached hydrogens (tertiary/aromatic N) is 3. The van der Waals surface area contributed by atoms with Crippen molar-refractivity contribution in [2.75, 3.05) is 13.7 Å². The van der Waals surface area contributed by atoms with E-state index in [1.54, 1.807) is 37.8 Å². The van der Waals surface area contributed by atoms with Crippen LogP contribution in [-0.2, 0) is 13.0 Å². The Morgan fingerprint density at radius 1 is 1.25 bits per heavy atom. The van der Waals surface area contributed by atoms with Gasteiger partial charge in [-0.15, -0.1) is 11.3 Å². The molecule has 8 heteroatoms. The monoisotopic (exact) mass is 502 g/mol. The van der Waals surface area contributed by atoms with Crippen molar-refractivity contribution in [1.82, 2.24) is 19.4 Å². The first-order chi connectivity index (χ1) is 17.4. The van der Waals surface area contributed by atoms with Crippen molar-refractivity contribution < 1.29 is 14.6 Å². The largest absolute Gasteiger partial charge is 0.496 e. The second-order valence-electron chi connectivity index (χ2n) is 9.91. The summed E-state index contributed by atoms with van der Waals surface area (Å²) in [6, 6.07) is 10.4. The van der Waals surface area contributed by atoms with Crippen molar-refractivity contribution in [2.24, 2.45) is 0 Å². The number of thiophene rings is 1. The van der Waals surface area contributed by atoms with Crippen molar-refractivity contribution in [1.29, 1.82) is 0 Å². The molecule has 1 fully saturated rings. The second-order valence-corrected chi connectivity index (χ2v) is 10.9. The first kappa shape index (κ1) is 23.1. The Hall–Kier alpha value is -3.36. The summed E-state index contributed by atoms with van der Waals surface area (Å²) in [6.07, 6.45) is 5.44. The Labute approximate surface area is 214 Å². The SMILES string of the molecule is COc1cc2c(cc1-c1ncc[nH]1)-c1c(-c3cccs3)cc(C(=O)N3CCC[C@]3(C)[C@@H](C)O)n1CC2. The van der Waals surface area contributed by atoms with E-state index < -0.39 is 11.6 Å². The Morgan fingerprint density at radius 3 is 2.81 bits per heavy atom. The lowest BCUT2D eigenvalue weighted by molar-refractivity contribution is 0.0145. The van der Waals surface area contributed by atoms with Crippen LogP contribution >= 0.6 is 11.3 Å².